The van der Waals surface area contributed by atoms with Crippen molar-refractivity contribution in [2.24, 2.45) is 11.8 Å². The molecule has 114 valence electrons. The van der Waals surface area contributed by atoms with Gasteiger partial charge in [-0.05, 0) is 32.6 Å². The number of nitrogens with one attached hydrogen (secondary N) is 1. The van der Waals surface area contributed by atoms with Crippen molar-refractivity contribution in [3.63, 3.8) is 0 Å². The third kappa shape index (κ3) is 3.40. The number of ether oxygens (including phenoxy) is 1. The highest BCUT2D eigenvalue weighted by Crippen LogP contribution is 2.33. The summed E-state index contributed by atoms with van der Waals surface area (Å²) < 4.78 is 8.20. The topological polar surface area (TPSA) is 65.1 Å². The Morgan fingerprint density at radius 3 is 2.75 bits per heavy atom. The van der Waals surface area contributed by atoms with Crippen LogP contribution < -0.4 is 11.3 Å². The zero-order valence-electron chi connectivity index (χ0n) is 12.7. The minimum absolute atomic E-state index is 0.0343. The molecule has 2 atom stereocenters. The van der Waals surface area contributed by atoms with E-state index >= 15 is 0 Å². The van der Waals surface area contributed by atoms with E-state index in [1.54, 1.807) is 0 Å². The summed E-state index contributed by atoms with van der Waals surface area (Å²) in [6, 6.07) is -0.0343. The molecule has 3 N–H and O–H groups in total. The Balaban J connectivity index is 2.19. The van der Waals surface area contributed by atoms with Gasteiger partial charge in [0.25, 0.3) is 0 Å². The molecule has 1 aliphatic carbocycles. The maximum Gasteiger partial charge on any atom is 0.129 e. The quantitative estimate of drug-likeness (QED) is 0.594. The number of aryl methyl sites for hydroxylation is 1. The monoisotopic (exact) mass is 280 g/mol. The lowest BCUT2D eigenvalue weighted by Gasteiger charge is -2.35. The van der Waals surface area contributed by atoms with Crippen LogP contribution in [0.25, 0.3) is 0 Å². The summed E-state index contributed by atoms with van der Waals surface area (Å²) in [6.45, 7) is 5.79. The second-order valence-corrected chi connectivity index (χ2v) is 5.53. The average Bonchev–Trinajstić information content (AvgIpc) is 2.96. The van der Waals surface area contributed by atoms with Crippen LogP contribution >= 0.6 is 0 Å². The number of imidazole rings is 1. The molecule has 0 bridgehead atoms. The number of nitrogens with zero attached hydrogens (tertiary/aromatic N) is 2. The van der Waals surface area contributed by atoms with Gasteiger partial charge >= 0.3 is 0 Å². The Hall–Kier alpha value is -0.910. The molecule has 1 aromatic rings. The van der Waals surface area contributed by atoms with Crippen LogP contribution in [0.1, 0.15) is 57.8 Å². The van der Waals surface area contributed by atoms with Crippen LogP contribution in [0.5, 0.6) is 0 Å². The van der Waals surface area contributed by atoms with E-state index in [0.29, 0.717) is 12.5 Å². The second kappa shape index (κ2) is 7.76. The molecule has 0 amide bonds. The van der Waals surface area contributed by atoms with E-state index in [0.717, 1.165) is 12.4 Å². The van der Waals surface area contributed by atoms with Gasteiger partial charge in [-0.15, -0.1) is 0 Å². The van der Waals surface area contributed by atoms with Gasteiger partial charge in [0.2, 0.25) is 0 Å². The average molecular weight is 280 g/mol. The SMILES string of the molecule is CCOC(C1CCCCC1)C(NN)c1nccn1CC. The van der Waals surface area contributed by atoms with Crippen LogP contribution in [0.4, 0.5) is 0 Å². The van der Waals surface area contributed by atoms with Gasteiger partial charge < -0.3 is 9.30 Å². The van der Waals surface area contributed by atoms with Crippen LogP contribution in [-0.2, 0) is 11.3 Å². The summed E-state index contributed by atoms with van der Waals surface area (Å²) in [5, 5.41) is 0. The fraction of sp³-hybridized carbons (Fsp3) is 0.800. The minimum atomic E-state index is -0.0343. The highest BCUT2D eigenvalue weighted by molar-refractivity contribution is 5.03. The molecule has 2 rings (SSSR count). The molecule has 0 radical (unpaired) electrons. The van der Waals surface area contributed by atoms with E-state index in [1.807, 2.05) is 12.4 Å². The first-order valence-electron chi connectivity index (χ1n) is 7.90. The summed E-state index contributed by atoms with van der Waals surface area (Å²) in [5.41, 5.74) is 2.95. The molecule has 5 nitrogen and oxygen atoms in total. The second-order valence-electron chi connectivity index (χ2n) is 5.53. The molecule has 1 aliphatic rings. The van der Waals surface area contributed by atoms with E-state index in [4.69, 9.17) is 10.6 Å². The summed E-state index contributed by atoms with van der Waals surface area (Å²) in [7, 11) is 0. The first kappa shape index (κ1) is 15.5. The van der Waals surface area contributed by atoms with Gasteiger partial charge in [-0.3, -0.25) is 5.84 Å². The van der Waals surface area contributed by atoms with Crippen molar-refractivity contribution in [2.75, 3.05) is 6.61 Å². The van der Waals surface area contributed by atoms with Crippen molar-refractivity contribution in [3.05, 3.63) is 18.2 Å². The molecular formula is C15H28N4O. The lowest BCUT2D eigenvalue weighted by Crippen LogP contribution is -2.44. The molecule has 1 saturated carbocycles. The number of nitrogens with two attached hydrogens (primary N) is 1. The Bertz CT molecular complexity index is 387. The third-order valence-electron chi connectivity index (χ3n) is 4.35. The Labute approximate surface area is 121 Å². The van der Waals surface area contributed by atoms with Crippen molar-refractivity contribution < 1.29 is 4.74 Å². The molecule has 1 aromatic heterocycles. The van der Waals surface area contributed by atoms with E-state index < -0.39 is 0 Å². The van der Waals surface area contributed by atoms with Crippen LogP contribution in [-0.4, -0.2) is 22.3 Å². The lowest BCUT2D eigenvalue weighted by atomic mass is 9.82. The van der Waals surface area contributed by atoms with Gasteiger partial charge in [0.15, 0.2) is 0 Å². The lowest BCUT2D eigenvalue weighted by molar-refractivity contribution is -0.0209. The van der Waals surface area contributed by atoms with E-state index in [2.05, 4.69) is 28.8 Å². The van der Waals surface area contributed by atoms with Gasteiger partial charge in [-0.2, -0.15) is 0 Å². The molecular weight excluding hydrogens is 252 g/mol. The van der Waals surface area contributed by atoms with Crippen LogP contribution in [0, 0.1) is 5.92 Å². The van der Waals surface area contributed by atoms with Crippen molar-refractivity contribution in [3.8, 4) is 0 Å². The van der Waals surface area contributed by atoms with Crippen LogP contribution in [0.2, 0.25) is 0 Å². The number of rotatable bonds is 7. The minimum Gasteiger partial charge on any atom is -0.376 e. The van der Waals surface area contributed by atoms with E-state index in [9.17, 15) is 0 Å². The largest absolute Gasteiger partial charge is 0.376 e. The smallest absolute Gasteiger partial charge is 0.129 e. The first-order valence-corrected chi connectivity index (χ1v) is 7.90. The van der Waals surface area contributed by atoms with E-state index in [-0.39, 0.29) is 12.1 Å². The predicted octanol–water partition coefficient (Wildman–Crippen LogP) is 2.39. The predicted molar refractivity (Wildman–Crippen MR) is 80.0 cm³/mol. The normalized spacial score (nSPS) is 19.9. The summed E-state index contributed by atoms with van der Waals surface area (Å²) in [5.74, 6) is 7.40. The molecule has 1 heterocycles. The van der Waals surface area contributed by atoms with Gasteiger partial charge in [0.1, 0.15) is 11.9 Å². The zero-order chi connectivity index (χ0) is 14.4. The van der Waals surface area contributed by atoms with Gasteiger partial charge in [0, 0.05) is 25.5 Å². The molecule has 5 heteroatoms. The fourth-order valence-electron chi connectivity index (χ4n) is 3.34. The van der Waals surface area contributed by atoms with Crippen molar-refractivity contribution >= 4 is 0 Å². The molecule has 2 unspecified atom stereocenters. The molecule has 0 saturated heterocycles. The highest BCUT2D eigenvalue weighted by atomic mass is 16.5. The van der Waals surface area contributed by atoms with Crippen molar-refractivity contribution in [2.45, 2.75) is 64.6 Å². The maximum absolute atomic E-state index is 6.06. The third-order valence-corrected chi connectivity index (χ3v) is 4.35. The van der Waals surface area contributed by atoms with Gasteiger partial charge in [-0.1, -0.05) is 19.3 Å². The molecule has 20 heavy (non-hydrogen) atoms. The Morgan fingerprint density at radius 2 is 2.15 bits per heavy atom. The number of hydrogen-bond acceptors (Lipinski definition) is 4. The summed E-state index contributed by atoms with van der Waals surface area (Å²) in [6.07, 6.45) is 10.4. The van der Waals surface area contributed by atoms with E-state index in [1.165, 1.54) is 32.1 Å². The number of hydrazine groups is 1. The fourth-order valence-corrected chi connectivity index (χ4v) is 3.34. The standard InChI is InChI=1S/C15H28N4O/c1-3-19-11-10-17-15(19)13(18-16)14(20-4-2)12-8-6-5-7-9-12/h10-14,18H,3-9,16H2,1-2H3. The van der Waals surface area contributed by atoms with Crippen molar-refractivity contribution in [1.29, 1.82) is 0 Å². The van der Waals surface area contributed by atoms with Gasteiger partial charge in [0.05, 0.1) is 6.10 Å². The Morgan fingerprint density at radius 1 is 1.40 bits per heavy atom. The molecule has 0 aliphatic heterocycles. The molecule has 1 fully saturated rings. The summed E-state index contributed by atoms with van der Waals surface area (Å²) >= 11 is 0. The van der Waals surface area contributed by atoms with Crippen molar-refractivity contribution in [1.82, 2.24) is 15.0 Å². The molecule has 0 aromatic carbocycles. The number of hydrogen-bond donors (Lipinski definition) is 2. The Kier molecular flexibility index (Phi) is 6.01. The molecule has 0 spiro atoms. The first-order chi connectivity index (χ1) is 9.81. The maximum atomic E-state index is 6.06. The van der Waals surface area contributed by atoms with Crippen LogP contribution in [0.3, 0.4) is 0 Å². The number of aromatic nitrogens is 2. The zero-order valence-corrected chi connectivity index (χ0v) is 12.7. The summed E-state index contributed by atoms with van der Waals surface area (Å²) in [4.78, 5) is 4.50. The van der Waals surface area contributed by atoms with Gasteiger partial charge in [-0.25, -0.2) is 10.4 Å². The highest BCUT2D eigenvalue weighted by Gasteiger charge is 2.33. The van der Waals surface area contributed by atoms with Crippen LogP contribution in [0.15, 0.2) is 12.4 Å².